The van der Waals surface area contributed by atoms with E-state index in [4.69, 9.17) is 4.74 Å². The highest BCUT2D eigenvalue weighted by molar-refractivity contribution is 5.98. The number of amides is 1. The maximum Gasteiger partial charge on any atom is 0.353 e. The molecular formula is C17H15F2NO3. The van der Waals surface area contributed by atoms with Gasteiger partial charge in [0.05, 0.1) is 12.7 Å². The van der Waals surface area contributed by atoms with E-state index in [1.165, 1.54) is 38.3 Å². The zero-order chi connectivity index (χ0) is 17.0. The van der Waals surface area contributed by atoms with Crippen LogP contribution in [0.3, 0.4) is 0 Å². The number of rotatable bonds is 5. The highest BCUT2D eigenvalue weighted by Crippen LogP contribution is 2.36. The normalized spacial score (nSPS) is 11.0. The number of alkyl halides is 2. The fourth-order valence-electron chi connectivity index (χ4n) is 2.02. The first-order valence-electron chi connectivity index (χ1n) is 6.80. The van der Waals surface area contributed by atoms with Crippen molar-refractivity contribution < 1.29 is 23.1 Å². The van der Waals surface area contributed by atoms with Crippen LogP contribution < -0.4 is 10.1 Å². The smallest absolute Gasteiger partial charge is 0.353 e. The average molecular weight is 319 g/mol. The average Bonchev–Trinajstić information content (AvgIpc) is 2.54. The molecule has 0 bridgehead atoms. The summed E-state index contributed by atoms with van der Waals surface area (Å²) in [7, 11) is 1.20. The van der Waals surface area contributed by atoms with Crippen LogP contribution in [0.5, 0.6) is 5.75 Å². The van der Waals surface area contributed by atoms with E-state index in [1.807, 2.05) is 0 Å². The van der Waals surface area contributed by atoms with Gasteiger partial charge in [0.25, 0.3) is 5.91 Å². The van der Waals surface area contributed by atoms with Gasteiger partial charge in [-0.2, -0.15) is 8.78 Å². The zero-order valence-electron chi connectivity index (χ0n) is 12.6. The number of hydrogen-bond donors (Lipinski definition) is 1. The lowest BCUT2D eigenvalue weighted by atomic mass is 10.0. The van der Waals surface area contributed by atoms with Crippen LogP contribution in [0.1, 0.15) is 22.8 Å². The molecule has 0 aliphatic rings. The van der Waals surface area contributed by atoms with E-state index in [2.05, 4.69) is 5.32 Å². The van der Waals surface area contributed by atoms with Crippen molar-refractivity contribution in [1.82, 2.24) is 0 Å². The molecule has 0 unspecified atom stereocenters. The zero-order valence-corrected chi connectivity index (χ0v) is 12.6. The third-order valence-electron chi connectivity index (χ3n) is 3.26. The number of halogens is 2. The van der Waals surface area contributed by atoms with E-state index in [-0.39, 0.29) is 22.8 Å². The molecule has 2 aromatic carbocycles. The summed E-state index contributed by atoms with van der Waals surface area (Å²) >= 11 is 0. The molecule has 0 aliphatic carbocycles. The van der Waals surface area contributed by atoms with Crippen LogP contribution in [0.2, 0.25) is 0 Å². The van der Waals surface area contributed by atoms with Crippen molar-refractivity contribution in [1.29, 1.82) is 0 Å². The summed E-state index contributed by atoms with van der Waals surface area (Å²) in [6.07, 6.45) is 0. The first kappa shape index (κ1) is 16.6. The lowest BCUT2D eigenvalue weighted by molar-refractivity contribution is -0.141. The van der Waals surface area contributed by atoms with E-state index < -0.39 is 17.4 Å². The molecule has 1 N–H and O–H groups in total. The Bertz CT molecular complexity index is 730. The predicted octanol–water partition coefficient (Wildman–Crippen LogP) is 3.63. The van der Waals surface area contributed by atoms with Crippen molar-refractivity contribution >= 4 is 17.4 Å². The summed E-state index contributed by atoms with van der Waals surface area (Å²) in [5.74, 6) is -5.79. The number of anilines is 1. The van der Waals surface area contributed by atoms with Gasteiger partial charge in [0.15, 0.2) is 5.78 Å². The van der Waals surface area contributed by atoms with Crippen LogP contribution in [0.15, 0.2) is 48.5 Å². The van der Waals surface area contributed by atoms with Crippen LogP contribution in [0.4, 0.5) is 14.5 Å². The highest BCUT2D eigenvalue weighted by atomic mass is 19.3. The van der Waals surface area contributed by atoms with Crippen LogP contribution >= 0.6 is 0 Å². The minimum Gasteiger partial charge on any atom is -0.496 e. The minimum atomic E-state index is -3.81. The van der Waals surface area contributed by atoms with Crippen LogP contribution in [0, 0.1) is 0 Å². The van der Waals surface area contributed by atoms with E-state index in [0.717, 1.165) is 6.07 Å². The van der Waals surface area contributed by atoms with Gasteiger partial charge in [-0.1, -0.05) is 24.3 Å². The third kappa shape index (κ3) is 3.53. The summed E-state index contributed by atoms with van der Waals surface area (Å²) in [6, 6.07) is 11.4. The quantitative estimate of drug-likeness (QED) is 0.856. The molecule has 0 saturated carbocycles. The van der Waals surface area contributed by atoms with E-state index in [0.29, 0.717) is 0 Å². The fourth-order valence-corrected chi connectivity index (χ4v) is 2.02. The van der Waals surface area contributed by atoms with E-state index in [9.17, 15) is 18.4 Å². The first-order valence-corrected chi connectivity index (χ1v) is 6.80. The van der Waals surface area contributed by atoms with Gasteiger partial charge in [-0.3, -0.25) is 9.59 Å². The van der Waals surface area contributed by atoms with Crippen LogP contribution in [-0.4, -0.2) is 18.8 Å². The maximum absolute atomic E-state index is 14.4. The number of carbonyl (C=O) groups is 2. The van der Waals surface area contributed by atoms with Crippen molar-refractivity contribution in [3.8, 4) is 5.75 Å². The van der Waals surface area contributed by atoms with Gasteiger partial charge in [0.2, 0.25) is 0 Å². The molecule has 120 valence electrons. The predicted molar refractivity (Wildman–Crippen MR) is 82.0 cm³/mol. The van der Waals surface area contributed by atoms with Crippen molar-refractivity contribution in [3.05, 3.63) is 59.7 Å². The number of ether oxygens (including phenoxy) is 1. The van der Waals surface area contributed by atoms with Crippen molar-refractivity contribution in [2.75, 3.05) is 12.4 Å². The lowest BCUT2D eigenvalue weighted by Crippen LogP contribution is -2.32. The molecule has 23 heavy (non-hydrogen) atoms. The summed E-state index contributed by atoms with van der Waals surface area (Å²) in [6.45, 7) is 1.31. The van der Waals surface area contributed by atoms with Gasteiger partial charge in [0.1, 0.15) is 5.75 Å². The Hall–Kier alpha value is -2.76. The van der Waals surface area contributed by atoms with E-state index >= 15 is 0 Å². The lowest BCUT2D eigenvalue weighted by Gasteiger charge is -2.19. The largest absolute Gasteiger partial charge is 0.496 e. The summed E-state index contributed by atoms with van der Waals surface area (Å²) < 4.78 is 33.8. The van der Waals surface area contributed by atoms with E-state index in [1.54, 1.807) is 18.2 Å². The molecule has 0 aliphatic heterocycles. The molecule has 0 aromatic heterocycles. The molecule has 6 heteroatoms. The number of methoxy groups -OCH3 is 1. The fraction of sp³-hybridized carbons (Fsp3) is 0.176. The molecule has 2 aromatic rings. The molecule has 0 radical (unpaired) electrons. The number of ketones is 1. The van der Waals surface area contributed by atoms with Crippen molar-refractivity contribution in [2.24, 2.45) is 0 Å². The molecular weight excluding hydrogens is 304 g/mol. The summed E-state index contributed by atoms with van der Waals surface area (Å²) in [5, 5.41) is 2.16. The number of benzene rings is 2. The molecule has 2 rings (SSSR count). The first-order chi connectivity index (χ1) is 10.9. The number of para-hydroxylation sites is 1. The maximum atomic E-state index is 14.4. The standard InChI is InChI=1S/C17H15F2NO3/c1-11(21)12-8-9-14(15(10-12)23-2)17(18,19)16(22)20-13-6-4-3-5-7-13/h3-10H,1-2H3,(H,20,22). The number of carbonyl (C=O) groups excluding carboxylic acids is 2. The Morgan fingerprint density at radius 1 is 1.09 bits per heavy atom. The molecule has 1 amide bonds. The Kier molecular flexibility index (Phi) is 4.74. The third-order valence-corrected chi connectivity index (χ3v) is 3.26. The van der Waals surface area contributed by atoms with Gasteiger partial charge in [-0.15, -0.1) is 0 Å². The van der Waals surface area contributed by atoms with Gasteiger partial charge in [-0.25, -0.2) is 0 Å². The summed E-state index contributed by atoms with van der Waals surface area (Å²) in [5.41, 5.74) is -0.111. The number of hydrogen-bond acceptors (Lipinski definition) is 3. The van der Waals surface area contributed by atoms with Gasteiger partial charge in [-0.05, 0) is 31.2 Å². The van der Waals surface area contributed by atoms with Crippen LogP contribution in [-0.2, 0) is 10.7 Å². The van der Waals surface area contributed by atoms with Gasteiger partial charge >= 0.3 is 5.92 Å². The Balaban J connectivity index is 2.34. The number of Topliss-reactive ketones (excluding diaryl/α,β-unsaturated/α-hetero) is 1. The second-order valence-electron chi connectivity index (χ2n) is 4.87. The molecule has 0 atom stereocenters. The number of nitrogens with one attached hydrogen (secondary N) is 1. The molecule has 0 fully saturated rings. The van der Waals surface area contributed by atoms with Crippen molar-refractivity contribution in [2.45, 2.75) is 12.8 Å². The minimum absolute atomic E-state index is 0.217. The summed E-state index contributed by atoms with van der Waals surface area (Å²) in [4.78, 5) is 23.3. The molecule has 0 heterocycles. The Morgan fingerprint density at radius 3 is 2.30 bits per heavy atom. The Labute approximate surface area is 132 Å². The van der Waals surface area contributed by atoms with Crippen molar-refractivity contribution in [3.63, 3.8) is 0 Å². The molecule has 4 nitrogen and oxygen atoms in total. The topological polar surface area (TPSA) is 55.4 Å². The molecule has 0 saturated heterocycles. The highest BCUT2D eigenvalue weighted by Gasteiger charge is 2.43. The van der Waals surface area contributed by atoms with Gasteiger partial charge in [0, 0.05) is 11.3 Å². The monoisotopic (exact) mass is 319 g/mol. The van der Waals surface area contributed by atoms with Crippen LogP contribution in [0.25, 0.3) is 0 Å². The Morgan fingerprint density at radius 2 is 1.74 bits per heavy atom. The van der Waals surface area contributed by atoms with Gasteiger partial charge < -0.3 is 10.1 Å². The SMILES string of the molecule is COc1cc(C(C)=O)ccc1C(F)(F)C(=O)Nc1ccccc1. The second-order valence-corrected chi connectivity index (χ2v) is 4.87. The second kappa shape index (κ2) is 6.56. The molecule has 0 spiro atoms.